The summed E-state index contributed by atoms with van der Waals surface area (Å²) < 4.78 is 2.53. The zero-order valence-corrected chi connectivity index (χ0v) is 28.5. The minimum absolute atomic E-state index is 1.12. The Kier molecular flexibility index (Phi) is 11.2. The highest BCUT2D eigenvalue weighted by molar-refractivity contribution is 6.08. The molecule has 236 valence electrons. The Morgan fingerprint density at radius 2 is 1.04 bits per heavy atom. The quantitative estimate of drug-likeness (QED) is 0.133. The molecule has 0 atom stereocenters. The molecular formula is C44H50N2. The van der Waals surface area contributed by atoms with Crippen LogP contribution in [0.4, 0.5) is 17.1 Å². The molecule has 0 aliphatic rings. The van der Waals surface area contributed by atoms with Crippen LogP contribution in [0.25, 0.3) is 27.9 Å². The van der Waals surface area contributed by atoms with Gasteiger partial charge >= 0.3 is 0 Å². The molecule has 0 saturated carbocycles. The second kappa shape index (κ2) is 15.6. The predicted octanol–water partition coefficient (Wildman–Crippen LogP) is 13.2. The van der Waals surface area contributed by atoms with Gasteiger partial charge in [0, 0.05) is 45.4 Å². The first-order valence-corrected chi connectivity index (χ1v) is 17.0. The molecule has 6 rings (SSSR count). The molecule has 0 unspecified atom stereocenters. The third kappa shape index (κ3) is 7.98. The highest BCUT2D eigenvalue weighted by Crippen LogP contribution is 2.35. The molecule has 2 heteroatoms. The first-order chi connectivity index (χ1) is 22.4. The van der Waals surface area contributed by atoms with E-state index in [-0.39, 0.29) is 0 Å². The van der Waals surface area contributed by atoms with Gasteiger partial charge in [-0.3, -0.25) is 0 Å². The normalized spacial score (nSPS) is 11.0. The van der Waals surface area contributed by atoms with E-state index in [1.54, 1.807) is 0 Å². The summed E-state index contributed by atoms with van der Waals surface area (Å²) in [4.78, 5) is 2.27. The lowest BCUT2D eigenvalue weighted by atomic mass is 10.1. The maximum Gasteiger partial charge on any atom is 0.0491 e. The van der Waals surface area contributed by atoms with E-state index in [9.17, 15) is 0 Å². The molecule has 1 heterocycles. The zero-order chi connectivity index (χ0) is 32.5. The smallest absolute Gasteiger partial charge is 0.0491 e. The molecule has 0 aliphatic carbocycles. The minimum atomic E-state index is 1.12. The van der Waals surface area contributed by atoms with Gasteiger partial charge in [0.1, 0.15) is 0 Å². The second-order valence-corrected chi connectivity index (χ2v) is 12.8. The van der Waals surface area contributed by atoms with Gasteiger partial charge in [0.25, 0.3) is 0 Å². The number of fused-ring (bicyclic) bond motifs is 3. The van der Waals surface area contributed by atoms with Gasteiger partial charge in [-0.05, 0) is 100 Å². The number of aromatic nitrogens is 1. The summed E-state index contributed by atoms with van der Waals surface area (Å²) in [7, 11) is 0. The summed E-state index contributed by atoms with van der Waals surface area (Å²) in [6, 6.07) is 39.4. The number of anilines is 3. The van der Waals surface area contributed by atoms with E-state index in [2.05, 4.69) is 160 Å². The van der Waals surface area contributed by atoms with E-state index in [4.69, 9.17) is 0 Å². The van der Waals surface area contributed by atoms with Gasteiger partial charge in [-0.15, -0.1) is 0 Å². The van der Waals surface area contributed by atoms with Gasteiger partial charge < -0.3 is 9.47 Å². The summed E-state index contributed by atoms with van der Waals surface area (Å²) in [6.45, 7) is 15.9. The lowest BCUT2D eigenvalue weighted by molar-refractivity contribution is 0.571. The van der Waals surface area contributed by atoms with E-state index < -0.39 is 0 Å². The summed E-state index contributed by atoms with van der Waals surface area (Å²) >= 11 is 0. The van der Waals surface area contributed by atoms with Crippen molar-refractivity contribution in [3.8, 4) is 0 Å². The molecule has 0 radical (unpaired) electrons. The molecule has 0 amide bonds. The molecule has 0 spiro atoms. The van der Waals surface area contributed by atoms with Crippen molar-refractivity contribution in [2.45, 2.75) is 79.7 Å². The number of rotatable bonds is 11. The van der Waals surface area contributed by atoms with E-state index >= 15 is 0 Å². The van der Waals surface area contributed by atoms with Gasteiger partial charge in [-0.2, -0.15) is 0 Å². The third-order valence-corrected chi connectivity index (χ3v) is 8.86. The third-order valence-electron chi connectivity index (χ3n) is 8.86. The van der Waals surface area contributed by atoms with Crippen LogP contribution in [0.1, 0.15) is 73.3 Å². The molecule has 46 heavy (non-hydrogen) atoms. The van der Waals surface area contributed by atoms with Crippen LogP contribution in [0.5, 0.6) is 0 Å². The van der Waals surface area contributed by atoms with Crippen molar-refractivity contribution in [2.75, 3.05) is 4.90 Å². The molecule has 5 aromatic carbocycles. The Hall–Kier alpha value is -4.56. The van der Waals surface area contributed by atoms with E-state index in [0.717, 1.165) is 29.2 Å². The van der Waals surface area contributed by atoms with Crippen molar-refractivity contribution in [3.05, 3.63) is 144 Å². The Labute approximate surface area is 277 Å². The van der Waals surface area contributed by atoms with Gasteiger partial charge in [-0.25, -0.2) is 0 Å². The molecule has 0 aliphatic heterocycles. The molecule has 1 aromatic heterocycles. The van der Waals surface area contributed by atoms with Gasteiger partial charge in [0.2, 0.25) is 0 Å². The van der Waals surface area contributed by atoms with E-state index in [1.165, 1.54) is 82.6 Å². The number of hydrogen-bond donors (Lipinski definition) is 0. The largest absolute Gasteiger partial charge is 0.340 e. The average Bonchev–Trinajstić information content (AvgIpc) is 3.36. The highest BCUT2D eigenvalue weighted by Gasteiger charge is 2.13. The van der Waals surface area contributed by atoms with Crippen molar-refractivity contribution < 1.29 is 0 Å². The number of unbranched alkanes of at least 4 members (excludes halogenated alkanes) is 5. The molecule has 6 aromatic rings. The first-order valence-electron chi connectivity index (χ1n) is 17.0. The molecule has 2 nitrogen and oxygen atoms in total. The average molecular weight is 607 g/mol. The highest BCUT2D eigenvalue weighted by atomic mass is 15.1. The first kappa shape index (κ1) is 32.8. The van der Waals surface area contributed by atoms with Crippen molar-refractivity contribution >= 4 is 44.9 Å². The number of nitrogens with zero attached hydrogens (tertiary/aromatic N) is 2. The van der Waals surface area contributed by atoms with Gasteiger partial charge in [0.15, 0.2) is 0 Å². The zero-order valence-electron chi connectivity index (χ0n) is 28.5. The molecule has 0 bridgehead atoms. The van der Waals surface area contributed by atoms with Crippen molar-refractivity contribution in [3.63, 3.8) is 0 Å². The Morgan fingerprint density at radius 3 is 1.57 bits per heavy atom. The number of aryl methyl sites for hydroxylation is 5. The SMILES string of the molecule is C=Cc1cccc(N(c2ccc(C)cc2)c2ccc(C)cc2)c1.CCCCCCCCn1c2ccc(C)cc2c2cc(C)ccc21. The van der Waals surface area contributed by atoms with Crippen molar-refractivity contribution in [1.29, 1.82) is 0 Å². The Balaban J connectivity index is 0.000000181. The molecule has 0 fully saturated rings. The minimum Gasteiger partial charge on any atom is -0.340 e. The summed E-state index contributed by atoms with van der Waals surface area (Å²) in [5.41, 5.74) is 12.6. The van der Waals surface area contributed by atoms with Crippen molar-refractivity contribution in [2.24, 2.45) is 0 Å². The topological polar surface area (TPSA) is 8.17 Å². The van der Waals surface area contributed by atoms with Gasteiger partial charge in [0.05, 0.1) is 0 Å². The van der Waals surface area contributed by atoms with Crippen LogP contribution < -0.4 is 4.90 Å². The van der Waals surface area contributed by atoms with E-state index in [0.29, 0.717) is 0 Å². The van der Waals surface area contributed by atoms with Crippen LogP contribution in [0, 0.1) is 27.7 Å². The lowest BCUT2D eigenvalue weighted by Crippen LogP contribution is -2.10. The molecule has 0 saturated heterocycles. The monoisotopic (exact) mass is 606 g/mol. The molecule has 0 N–H and O–H groups in total. The summed E-state index contributed by atoms with van der Waals surface area (Å²) in [5, 5.41) is 2.82. The van der Waals surface area contributed by atoms with Crippen LogP contribution in [-0.4, -0.2) is 4.57 Å². The van der Waals surface area contributed by atoms with Crippen LogP contribution in [-0.2, 0) is 6.54 Å². The number of benzene rings is 5. The fraction of sp³-hybridized carbons (Fsp3) is 0.273. The maximum absolute atomic E-state index is 3.88. The fourth-order valence-corrected chi connectivity index (χ4v) is 6.25. The van der Waals surface area contributed by atoms with Crippen LogP contribution in [0.15, 0.2) is 116 Å². The predicted molar refractivity (Wildman–Crippen MR) is 203 cm³/mol. The summed E-state index contributed by atoms with van der Waals surface area (Å²) in [5.74, 6) is 0. The van der Waals surface area contributed by atoms with Crippen LogP contribution >= 0.6 is 0 Å². The Morgan fingerprint density at radius 1 is 0.543 bits per heavy atom. The Bertz CT molecular complexity index is 1770. The maximum atomic E-state index is 3.88. The standard InChI is InChI=1S/C22H21N.C22H29N/c1-4-19-6-5-7-22(16-19)23(20-12-8-17(2)9-13-20)21-14-10-18(3)11-15-21;1-4-5-6-7-8-9-14-23-21-12-10-17(2)15-19(21)20-16-18(3)11-13-22(20)23/h4-16H,1H2,2-3H3;10-13,15-16H,4-9,14H2,1-3H3. The van der Waals surface area contributed by atoms with Crippen LogP contribution in [0.3, 0.4) is 0 Å². The lowest BCUT2D eigenvalue weighted by Gasteiger charge is -2.26. The van der Waals surface area contributed by atoms with Crippen LogP contribution in [0.2, 0.25) is 0 Å². The fourth-order valence-electron chi connectivity index (χ4n) is 6.25. The van der Waals surface area contributed by atoms with Crippen molar-refractivity contribution in [1.82, 2.24) is 4.57 Å². The molecular weight excluding hydrogens is 556 g/mol. The summed E-state index contributed by atoms with van der Waals surface area (Å²) in [6.07, 6.45) is 9.99. The number of hydrogen-bond acceptors (Lipinski definition) is 1. The van der Waals surface area contributed by atoms with E-state index in [1.807, 2.05) is 6.08 Å². The van der Waals surface area contributed by atoms with Gasteiger partial charge in [-0.1, -0.05) is 122 Å². The second-order valence-electron chi connectivity index (χ2n) is 12.8.